The van der Waals surface area contributed by atoms with Crippen molar-refractivity contribution in [3.63, 3.8) is 0 Å². The Morgan fingerprint density at radius 3 is 2.19 bits per heavy atom. The fourth-order valence-corrected chi connectivity index (χ4v) is 3.61. The summed E-state index contributed by atoms with van der Waals surface area (Å²) in [6, 6.07) is 21.1. The number of aromatic nitrogens is 1. The number of ether oxygens (including phenoxy) is 1. The Morgan fingerprint density at radius 2 is 1.52 bits per heavy atom. The molecule has 1 heterocycles. The van der Waals surface area contributed by atoms with Crippen molar-refractivity contribution in [1.82, 2.24) is 4.98 Å². The number of benzene rings is 3. The molecule has 0 saturated heterocycles. The van der Waals surface area contributed by atoms with E-state index in [4.69, 9.17) is 4.74 Å². The zero-order valence-corrected chi connectivity index (χ0v) is 17.0. The molecule has 4 aromatic rings. The molecule has 0 spiro atoms. The number of rotatable bonds is 5. The smallest absolute Gasteiger partial charge is 0.416 e. The molecule has 3 aromatic carbocycles. The van der Waals surface area contributed by atoms with Gasteiger partial charge in [-0.3, -0.25) is 4.98 Å². The lowest BCUT2D eigenvalue weighted by Gasteiger charge is -2.15. The molecule has 1 radical (unpaired) electrons. The van der Waals surface area contributed by atoms with Gasteiger partial charge in [0.25, 0.3) is 0 Å². The van der Waals surface area contributed by atoms with E-state index < -0.39 is 11.7 Å². The number of fused-ring (bicyclic) bond motifs is 1. The summed E-state index contributed by atoms with van der Waals surface area (Å²) in [6.07, 6.45) is -3.80. The van der Waals surface area contributed by atoms with Crippen molar-refractivity contribution in [2.24, 2.45) is 0 Å². The fourth-order valence-electron chi connectivity index (χ4n) is 3.61. The lowest BCUT2D eigenvalue weighted by Crippen LogP contribution is -2.04. The summed E-state index contributed by atoms with van der Waals surface area (Å²) in [5.41, 5.74) is 3.63. The first kappa shape index (κ1) is 20.9. The van der Waals surface area contributed by atoms with Crippen LogP contribution in [0.3, 0.4) is 0 Å². The molecule has 31 heavy (non-hydrogen) atoms. The second kappa shape index (κ2) is 8.42. The molecule has 0 fully saturated rings. The van der Waals surface area contributed by atoms with Gasteiger partial charge in [0.15, 0.2) is 0 Å². The maximum absolute atomic E-state index is 12.8. The summed E-state index contributed by atoms with van der Waals surface area (Å²) in [5.74, 6) is 0.644. The number of hydrogen-bond acceptors (Lipinski definition) is 2. The topological polar surface area (TPSA) is 22.1 Å². The van der Waals surface area contributed by atoms with Crippen LogP contribution in [0.4, 0.5) is 13.2 Å². The monoisotopic (exact) mass is 420 g/mol. The highest BCUT2D eigenvalue weighted by molar-refractivity contribution is 5.91. The number of alkyl halides is 3. The number of hydrogen-bond donors (Lipinski definition) is 0. The van der Waals surface area contributed by atoms with E-state index in [-0.39, 0.29) is 0 Å². The van der Waals surface area contributed by atoms with Crippen LogP contribution in [0.1, 0.15) is 33.6 Å². The second-order valence-corrected chi connectivity index (χ2v) is 7.50. The van der Waals surface area contributed by atoms with E-state index in [1.54, 1.807) is 0 Å². The van der Waals surface area contributed by atoms with E-state index >= 15 is 0 Å². The number of nitrogens with zero attached hydrogens (tertiary/aromatic N) is 1. The van der Waals surface area contributed by atoms with E-state index in [0.29, 0.717) is 24.5 Å². The Hall–Kier alpha value is -3.34. The molecule has 0 saturated carbocycles. The molecule has 0 atom stereocenters. The van der Waals surface area contributed by atoms with Crippen molar-refractivity contribution in [3.05, 3.63) is 113 Å². The Labute approximate surface area is 179 Å². The summed E-state index contributed by atoms with van der Waals surface area (Å²) in [7, 11) is 0. The second-order valence-electron chi connectivity index (χ2n) is 7.50. The summed E-state index contributed by atoms with van der Waals surface area (Å²) >= 11 is 0. The van der Waals surface area contributed by atoms with Crippen molar-refractivity contribution in [1.29, 1.82) is 0 Å². The van der Waals surface area contributed by atoms with Gasteiger partial charge >= 0.3 is 6.18 Å². The van der Waals surface area contributed by atoms with Crippen molar-refractivity contribution in [3.8, 4) is 5.75 Å². The molecule has 0 bridgehead atoms. The van der Waals surface area contributed by atoms with Gasteiger partial charge in [-0.15, -0.1) is 0 Å². The van der Waals surface area contributed by atoms with Gasteiger partial charge in [-0.25, -0.2) is 0 Å². The summed E-state index contributed by atoms with van der Waals surface area (Å²) < 4.78 is 44.4. The third-order valence-corrected chi connectivity index (χ3v) is 5.20. The summed E-state index contributed by atoms with van der Waals surface area (Å²) in [4.78, 5) is 4.54. The van der Waals surface area contributed by atoms with Gasteiger partial charge in [0.05, 0.1) is 11.3 Å². The standard InChI is InChI=1S/C26H21F3NO/c1-17-24-15-21(14-19-8-11-22(12-9-19)26(27,28)29)10-13-23(24)25(18(2)30-17)31-16-20-6-4-3-5-7-20/h3-13,15H,2,14,16H2,1H3. The maximum Gasteiger partial charge on any atom is 0.416 e. The lowest BCUT2D eigenvalue weighted by atomic mass is 9.99. The molecule has 4 rings (SSSR count). The molecule has 2 nitrogen and oxygen atoms in total. The Morgan fingerprint density at radius 1 is 0.839 bits per heavy atom. The molecule has 0 amide bonds. The first-order chi connectivity index (χ1) is 14.8. The Kier molecular flexibility index (Phi) is 5.68. The molecule has 0 aliphatic heterocycles. The van der Waals surface area contributed by atoms with E-state index in [2.05, 4.69) is 11.9 Å². The summed E-state index contributed by atoms with van der Waals surface area (Å²) in [5, 5.41) is 1.87. The highest BCUT2D eigenvalue weighted by Gasteiger charge is 2.29. The number of halogens is 3. The predicted octanol–water partition coefficient (Wildman–Crippen LogP) is 6.91. The van der Waals surface area contributed by atoms with Crippen LogP contribution in [0.2, 0.25) is 0 Å². The Bertz CT molecular complexity index is 1200. The molecular formula is C26H21F3NO. The van der Waals surface area contributed by atoms with Crippen molar-refractivity contribution >= 4 is 10.8 Å². The van der Waals surface area contributed by atoms with Crippen LogP contribution in [-0.2, 0) is 19.2 Å². The highest BCUT2D eigenvalue weighted by Crippen LogP contribution is 2.33. The molecule has 0 N–H and O–H groups in total. The van der Waals surface area contributed by atoms with Gasteiger partial charge in [0.2, 0.25) is 0 Å². The molecule has 0 aliphatic carbocycles. The zero-order valence-electron chi connectivity index (χ0n) is 17.0. The molecule has 5 heteroatoms. The average molecular weight is 420 g/mol. The molecule has 157 valence electrons. The predicted molar refractivity (Wildman–Crippen MR) is 116 cm³/mol. The van der Waals surface area contributed by atoms with Crippen LogP contribution in [0.25, 0.3) is 10.8 Å². The summed E-state index contributed by atoms with van der Waals surface area (Å²) in [6.45, 7) is 6.36. The van der Waals surface area contributed by atoms with Gasteiger partial charge in [0, 0.05) is 16.5 Å². The van der Waals surface area contributed by atoms with Crippen molar-refractivity contribution in [2.45, 2.75) is 26.1 Å². The third-order valence-electron chi connectivity index (χ3n) is 5.20. The van der Waals surface area contributed by atoms with Crippen molar-refractivity contribution < 1.29 is 17.9 Å². The van der Waals surface area contributed by atoms with Crippen LogP contribution in [-0.4, -0.2) is 4.98 Å². The minimum Gasteiger partial charge on any atom is -0.486 e. The SMILES string of the molecule is [CH2]c1nc(C)c2cc(Cc3ccc(C(F)(F)F)cc3)ccc2c1OCc1ccccc1. The van der Waals surface area contributed by atoms with Gasteiger partial charge < -0.3 is 4.74 Å². The number of aryl methyl sites for hydroxylation is 1. The third kappa shape index (κ3) is 4.71. The lowest BCUT2D eigenvalue weighted by molar-refractivity contribution is -0.137. The van der Waals surface area contributed by atoms with Gasteiger partial charge in [-0.2, -0.15) is 13.2 Å². The van der Waals surface area contributed by atoms with Crippen LogP contribution in [0.5, 0.6) is 5.75 Å². The van der Waals surface area contributed by atoms with Gasteiger partial charge in [-0.05, 0) is 55.2 Å². The molecule has 0 unspecified atom stereocenters. The average Bonchev–Trinajstić information content (AvgIpc) is 2.74. The minimum atomic E-state index is -4.33. The Balaban J connectivity index is 1.61. The fraction of sp³-hybridized carbons (Fsp3) is 0.154. The molecule has 0 aliphatic rings. The minimum absolute atomic E-state index is 0.413. The molecular weight excluding hydrogens is 399 g/mol. The molecule has 1 aromatic heterocycles. The van der Waals surface area contributed by atoms with Gasteiger partial charge in [-0.1, -0.05) is 54.6 Å². The van der Waals surface area contributed by atoms with Crippen LogP contribution >= 0.6 is 0 Å². The van der Waals surface area contributed by atoms with Crippen molar-refractivity contribution in [2.75, 3.05) is 0 Å². The highest BCUT2D eigenvalue weighted by atomic mass is 19.4. The first-order valence-electron chi connectivity index (χ1n) is 9.89. The van der Waals surface area contributed by atoms with E-state index in [0.717, 1.165) is 45.3 Å². The zero-order chi connectivity index (χ0) is 22.0. The maximum atomic E-state index is 12.8. The largest absolute Gasteiger partial charge is 0.486 e. The number of pyridine rings is 1. The van der Waals surface area contributed by atoms with E-state index in [1.165, 1.54) is 12.1 Å². The van der Waals surface area contributed by atoms with Crippen LogP contribution in [0, 0.1) is 13.8 Å². The van der Waals surface area contributed by atoms with Crippen LogP contribution in [0.15, 0.2) is 72.8 Å². The normalized spacial score (nSPS) is 11.6. The van der Waals surface area contributed by atoms with E-state index in [1.807, 2.05) is 55.5 Å². The quantitative estimate of drug-likeness (QED) is 0.350. The van der Waals surface area contributed by atoms with E-state index in [9.17, 15) is 13.2 Å². The van der Waals surface area contributed by atoms with Crippen LogP contribution < -0.4 is 4.74 Å². The first-order valence-corrected chi connectivity index (χ1v) is 9.89. The van der Waals surface area contributed by atoms with Gasteiger partial charge in [0.1, 0.15) is 12.4 Å².